The van der Waals surface area contributed by atoms with Gasteiger partial charge in [0.25, 0.3) is 0 Å². The first-order valence-electron chi connectivity index (χ1n) is 5.96. The lowest BCUT2D eigenvalue weighted by molar-refractivity contribution is -0.116. The molecule has 0 saturated carbocycles. The Kier molecular flexibility index (Phi) is 4.91. The second kappa shape index (κ2) is 6.21. The van der Waals surface area contributed by atoms with Crippen molar-refractivity contribution in [2.45, 2.75) is 39.7 Å². The average Bonchev–Trinajstić information content (AvgIpc) is 2.61. The predicted molar refractivity (Wildman–Crippen MR) is 68.7 cm³/mol. The topological polar surface area (TPSA) is 93.5 Å². The molecule has 2 N–H and O–H groups in total. The van der Waals surface area contributed by atoms with Gasteiger partial charge in [0.1, 0.15) is 5.60 Å². The quantitative estimate of drug-likeness (QED) is 0.869. The van der Waals surface area contributed by atoms with Gasteiger partial charge in [-0.25, -0.2) is 4.79 Å². The number of aromatic nitrogens is 1. The molecule has 0 aliphatic heterocycles. The summed E-state index contributed by atoms with van der Waals surface area (Å²) >= 11 is 0. The van der Waals surface area contributed by atoms with Crippen molar-refractivity contribution < 1.29 is 18.8 Å². The van der Waals surface area contributed by atoms with Gasteiger partial charge in [-0.1, -0.05) is 5.16 Å². The fourth-order valence-corrected chi connectivity index (χ4v) is 1.21. The highest BCUT2D eigenvalue weighted by Crippen LogP contribution is 2.08. The number of ether oxygens (including phenoxy) is 1. The largest absolute Gasteiger partial charge is 0.444 e. The summed E-state index contributed by atoms with van der Waals surface area (Å²) in [6, 6.07) is 1.61. The third kappa shape index (κ3) is 6.44. The third-order valence-corrected chi connectivity index (χ3v) is 1.91. The standard InChI is InChI=1S/C12H19N3O4/c1-8-7-10(19-15-8)14-9(16)5-6-13-11(17)18-12(2,3)4/h7H,5-6H2,1-4H3,(H,13,17)(H,14,16). The van der Waals surface area contributed by atoms with Crippen molar-refractivity contribution in [1.29, 1.82) is 0 Å². The van der Waals surface area contributed by atoms with Gasteiger partial charge in [-0.3, -0.25) is 10.1 Å². The van der Waals surface area contributed by atoms with Crippen LogP contribution in [0.1, 0.15) is 32.9 Å². The summed E-state index contributed by atoms with van der Waals surface area (Å²) in [6.45, 7) is 7.25. The molecule has 0 aliphatic rings. The van der Waals surface area contributed by atoms with Crippen LogP contribution < -0.4 is 10.6 Å². The number of nitrogens with zero attached hydrogens (tertiary/aromatic N) is 1. The molecule has 1 heterocycles. The molecule has 1 aromatic heterocycles. The van der Waals surface area contributed by atoms with Crippen molar-refractivity contribution in [3.05, 3.63) is 11.8 Å². The van der Waals surface area contributed by atoms with E-state index in [1.807, 2.05) is 0 Å². The monoisotopic (exact) mass is 269 g/mol. The normalized spacial score (nSPS) is 10.9. The van der Waals surface area contributed by atoms with Crippen molar-refractivity contribution in [3.8, 4) is 0 Å². The molecule has 1 rings (SSSR count). The van der Waals surface area contributed by atoms with E-state index in [1.54, 1.807) is 33.8 Å². The summed E-state index contributed by atoms with van der Waals surface area (Å²) in [4.78, 5) is 22.8. The second-order valence-corrected chi connectivity index (χ2v) is 5.06. The number of aryl methyl sites for hydroxylation is 1. The molecule has 2 amide bonds. The summed E-state index contributed by atoms with van der Waals surface area (Å²) in [5.41, 5.74) is 0.131. The van der Waals surface area contributed by atoms with Crippen LogP contribution in [-0.2, 0) is 9.53 Å². The van der Waals surface area contributed by atoms with Gasteiger partial charge in [0.15, 0.2) is 0 Å². The number of rotatable bonds is 4. The van der Waals surface area contributed by atoms with Crippen LogP contribution in [-0.4, -0.2) is 29.3 Å². The highest BCUT2D eigenvalue weighted by atomic mass is 16.6. The lowest BCUT2D eigenvalue weighted by atomic mass is 10.2. The lowest BCUT2D eigenvalue weighted by Crippen LogP contribution is -2.34. The van der Waals surface area contributed by atoms with Gasteiger partial charge in [-0.2, -0.15) is 0 Å². The summed E-state index contributed by atoms with van der Waals surface area (Å²) in [7, 11) is 0. The van der Waals surface area contributed by atoms with E-state index in [4.69, 9.17) is 9.26 Å². The van der Waals surface area contributed by atoms with Gasteiger partial charge in [-0.05, 0) is 27.7 Å². The van der Waals surface area contributed by atoms with E-state index in [0.29, 0.717) is 11.6 Å². The van der Waals surface area contributed by atoms with Crippen molar-refractivity contribution in [3.63, 3.8) is 0 Å². The Morgan fingerprint density at radius 2 is 2.11 bits per heavy atom. The maximum Gasteiger partial charge on any atom is 0.407 e. The highest BCUT2D eigenvalue weighted by Gasteiger charge is 2.16. The first kappa shape index (κ1) is 15.0. The second-order valence-electron chi connectivity index (χ2n) is 5.06. The minimum Gasteiger partial charge on any atom is -0.444 e. The summed E-state index contributed by atoms with van der Waals surface area (Å²) in [5.74, 6) is 0.0203. The highest BCUT2D eigenvalue weighted by molar-refractivity contribution is 5.89. The Bertz CT molecular complexity index is 448. The van der Waals surface area contributed by atoms with Gasteiger partial charge in [0.2, 0.25) is 11.8 Å². The number of alkyl carbamates (subject to hydrolysis) is 1. The Morgan fingerprint density at radius 1 is 1.42 bits per heavy atom. The number of carbonyl (C=O) groups is 2. The SMILES string of the molecule is Cc1cc(NC(=O)CCNC(=O)OC(C)(C)C)on1. The Morgan fingerprint density at radius 3 is 2.63 bits per heavy atom. The van der Waals surface area contributed by atoms with E-state index >= 15 is 0 Å². The molecule has 0 aromatic carbocycles. The molecule has 0 saturated heterocycles. The molecule has 106 valence electrons. The summed E-state index contributed by atoms with van der Waals surface area (Å²) in [6.07, 6.45) is -0.422. The van der Waals surface area contributed by atoms with Crippen LogP contribution in [0, 0.1) is 6.92 Å². The predicted octanol–water partition coefficient (Wildman–Crippen LogP) is 1.84. The van der Waals surface area contributed by atoms with Crippen LogP contribution in [0.15, 0.2) is 10.6 Å². The Balaban J connectivity index is 2.22. The number of anilines is 1. The maximum absolute atomic E-state index is 11.5. The van der Waals surface area contributed by atoms with E-state index in [0.717, 1.165) is 0 Å². The van der Waals surface area contributed by atoms with Crippen LogP contribution in [0.4, 0.5) is 10.7 Å². The Labute approximate surface area is 111 Å². The molecule has 0 atom stereocenters. The molecule has 0 aliphatic carbocycles. The van der Waals surface area contributed by atoms with Gasteiger partial charge >= 0.3 is 6.09 Å². The first-order valence-corrected chi connectivity index (χ1v) is 5.96. The molecule has 7 heteroatoms. The van der Waals surface area contributed by atoms with Crippen LogP contribution in [0.25, 0.3) is 0 Å². The number of hydrogen-bond donors (Lipinski definition) is 2. The molecular formula is C12H19N3O4. The zero-order chi connectivity index (χ0) is 14.5. The third-order valence-electron chi connectivity index (χ3n) is 1.91. The smallest absolute Gasteiger partial charge is 0.407 e. The van der Waals surface area contributed by atoms with Crippen LogP contribution in [0.3, 0.4) is 0 Å². The fourth-order valence-electron chi connectivity index (χ4n) is 1.21. The minimum absolute atomic E-state index is 0.124. The van der Waals surface area contributed by atoms with E-state index in [1.165, 1.54) is 0 Å². The number of hydrogen-bond acceptors (Lipinski definition) is 5. The molecule has 1 aromatic rings. The molecule has 0 radical (unpaired) electrons. The molecule has 0 spiro atoms. The zero-order valence-corrected chi connectivity index (χ0v) is 11.6. The maximum atomic E-state index is 11.5. The van der Waals surface area contributed by atoms with Crippen LogP contribution in [0.5, 0.6) is 0 Å². The van der Waals surface area contributed by atoms with E-state index < -0.39 is 11.7 Å². The van der Waals surface area contributed by atoms with Gasteiger partial charge in [-0.15, -0.1) is 0 Å². The van der Waals surface area contributed by atoms with E-state index in [2.05, 4.69) is 15.8 Å². The zero-order valence-electron chi connectivity index (χ0n) is 11.6. The van der Waals surface area contributed by atoms with Gasteiger partial charge < -0.3 is 14.6 Å². The Hall–Kier alpha value is -2.05. The van der Waals surface area contributed by atoms with E-state index in [-0.39, 0.29) is 18.9 Å². The van der Waals surface area contributed by atoms with Crippen molar-refractivity contribution in [1.82, 2.24) is 10.5 Å². The van der Waals surface area contributed by atoms with Crippen LogP contribution >= 0.6 is 0 Å². The van der Waals surface area contributed by atoms with Crippen molar-refractivity contribution in [2.24, 2.45) is 0 Å². The molecule has 0 fully saturated rings. The van der Waals surface area contributed by atoms with E-state index in [9.17, 15) is 9.59 Å². The van der Waals surface area contributed by atoms with Gasteiger partial charge in [0, 0.05) is 19.0 Å². The molecular weight excluding hydrogens is 250 g/mol. The minimum atomic E-state index is -0.552. The first-order chi connectivity index (χ1) is 8.76. The number of nitrogens with one attached hydrogen (secondary N) is 2. The van der Waals surface area contributed by atoms with Crippen molar-refractivity contribution in [2.75, 3.05) is 11.9 Å². The van der Waals surface area contributed by atoms with Crippen LogP contribution in [0.2, 0.25) is 0 Å². The molecule has 0 unspecified atom stereocenters. The molecule has 7 nitrogen and oxygen atoms in total. The number of amides is 2. The number of carbonyl (C=O) groups excluding carboxylic acids is 2. The van der Waals surface area contributed by atoms with Crippen molar-refractivity contribution >= 4 is 17.9 Å². The lowest BCUT2D eigenvalue weighted by Gasteiger charge is -2.19. The summed E-state index contributed by atoms with van der Waals surface area (Å²) < 4.78 is 9.87. The average molecular weight is 269 g/mol. The fraction of sp³-hybridized carbons (Fsp3) is 0.583. The molecule has 19 heavy (non-hydrogen) atoms. The summed E-state index contributed by atoms with van der Waals surface area (Å²) in [5, 5.41) is 8.66. The molecule has 0 bridgehead atoms. The van der Waals surface area contributed by atoms with Gasteiger partial charge in [0.05, 0.1) is 5.69 Å².